The van der Waals surface area contributed by atoms with Gasteiger partial charge >= 0.3 is 0 Å². The lowest BCUT2D eigenvalue weighted by Crippen LogP contribution is -1.76. The molecule has 0 unspecified atom stereocenters. The summed E-state index contributed by atoms with van der Waals surface area (Å²) in [5.41, 5.74) is 2.36. The fourth-order valence-electron chi connectivity index (χ4n) is 4.55. The molecule has 4 N–H and O–H groups in total. The lowest BCUT2D eigenvalue weighted by Gasteiger charge is -2.00. The van der Waals surface area contributed by atoms with E-state index in [1.807, 2.05) is 35.7 Å². The average Bonchev–Trinajstić information content (AvgIpc) is 3.95. The van der Waals surface area contributed by atoms with Gasteiger partial charge in [-0.15, -0.1) is 56.7 Å². The van der Waals surface area contributed by atoms with Gasteiger partial charge in [0, 0.05) is 39.0 Å². The summed E-state index contributed by atoms with van der Waals surface area (Å²) in [5, 5.41) is 42.0. The smallest absolute Gasteiger partial charge is 0.204 e. The van der Waals surface area contributed by atoms with Crippen LogP contribution in [0.1, 0.15) is 20.9 Å². The summed E-state index contributed by atoms with van der Waals surface area (Å²) in [5.74, 6) is -0.727. The molecule has 0 fully saturated rings. The number of nitrogens with zero attached hydrogens (tertiary/aromatic N) is 2. The van der Waals surface area contributed by atoms with Crippen LogP contribution < -0.4 is 0 Å². The van der Waals surface area contributed by atoms with Crippen molar-refractivity contribution < 1.29 is 20.4 Å². The van der Waals surface area contributed by atoms with Crippen molar-refractivity contribution in [2.45, 2.75) is 0 Å². The molecule has 0 saturated heterocycles. The van der Waals surface area contributed by atoms with Gasteiger partial charge in [0.05, 0.1) is 13.1 Å². The van der Waals surface area contributed by atoms with E-state index < -0.39 is 0 Å². The van der Waals surface area contributed by atoms with Gasteiger partial charge in [-0.2, -0.15) is 0 Å². The highest BCUT2D eigenvalue weighted by Crippen LogP contribution is 2.41. The molecule has 7 rings (SSSR count). The van der Waals surface area contributed by atoms with Crippen LogP contribution in [0.25, 0.3) is 62.5 Å². The van der Waals surface area contributed by atoms with Gasteiger partial charge < -0.3 is 20.4 Å². The second-order valence-corrected chi connectivity index (χ2v) is 15.4. The molecule has 2 aromatic carbocycles. The Kier molecular flexibility index (Phi) is 10.4. The first kappa shape index (κ1) is 33.5. The van der Waals surface area contributed by atoms with Crippen molar-refractivity contribution in [1.82, 2.24) is 0 Å². The summed E-state index contributed by atoms with van der Waals surface area (Å²) in [6.07, 6.45) is 3.42. The summed E-state index contributed by atoms with van der Waals surface area (Å²) in [7, 11) is 0. The van der Waals surface area contributed by atoms with E-state index in [0.717, 1.165) is 19.5 Å². The summed E-state index contributed by atoms with van der Waals surface area (Å²) < 4.78 is 0. The van der Waals surface area contributed by atoms with Gasteiger partial charge in [-0.05, 0) is 94.7 Å². The van der Waals surface area contributed by atoms with E-state index in [-0.39, 0.29) is 23.0 Å². The molecule has 11 heteroatoms. The van der Waals surface area contributed by atoms with Crippen molar-refractivity contribution >= 4 is 80.2 Å². The number of phenols is 4. The number of phenolic OH excluding ortho intramolecular Hbond substituents is 4. The van der Waals surface area contributed by atoms with Crippen molar-refractivity contribution in [3.05, 3.63) is 152 Å². The molecule has 5 aromatic heterocycles. The first-order chi connectivity index (χ1) is 23.8. The summed E-state index contributed by atoms with van der Waals surface area (Å²) in [6, 6.07) is 29.5. The van der Waals surface area contributed by atoms with Gasteiger partial charge in [-0.3, -0.25) is 0 Å². The van der Waals surface area contributed by atoms with Gasteiger partial charge in [0.25, 0.3) is 0 Å². The molecule has 7 aromatic rings. The van der Waals surface area contributed by atoms with Crippen LogP contribution in [-0.4, -0.2) is 20.4 Å². The number of aromatic hydroxyl groups is 4. The minimum Gasteiger partial charge on any atom is -0.504 e. The third-order valence-electron chi connectivity index (χ3n) is 6.94. The van der Waals surface area contributed by atoms with Crippen molar-refractivity contribution in [2.24, 2.45) is 0 Å². The Hall–Kier alpha value is -5.40. The fourth-order valence-corrected chi connectivity index (χ4v) is 9.25. The molecule has 0 spiro atoms. The molecule has 5 heterocycles. The zero-order valence-corrected chi connectivity index (χ0v) is 29.4. The molecule has 0 aliphatic carbocycles. The summed E-state index contributed by atoms with van der Waals surface area (Å²) in [6.45, 7) is 14.9. The Bertz CT molecular complexity index is 2360. The minimum atomic E-state index is -0.195. The van der Waals surface area contributed by atoms with Gasteiger partial charge in [-0.25, -0.2) is 9.69 Å². The van der Waals surface area contributed by atoms with E-state index in [9.17, 15) is 20.4 Å². The largest absolute Gasteiger partial charge is 0.504 e. The van der Waals surface area contributed by atoms with Gasteiger partial charge in [0.15, 0.2) is 23.0 Å². The highest BCUT2D eigenvalue weighted by molar-refractivity contribution is 7.26. The zero-order valence-electron chi connectivity index (χ0n) is 25.3. The number of hydrogen-bond acceptors (Lipinski definition) is 9. The quantitative estimate of drug-likeness (QED) is 0.0970. The van der Waals surface area contributed by atoms with Crippen LogP contribution in [0.5, 0.6) is 23.0 Å². The van der Waals surface area contributed by atoms with Crippen LogP contribution in [0.2, 0.25) is 0 Å². The molecule has 49 heavy (non-hydrogen) atoms. The van der Waals surface area contributed by atoms with Crippen LogP contribution >= 0.6 is 56.7 Å². The van der Waals surface area contributed by atoms with Crippen molar-refractivity contribution in [1.29, 1.82) is 0 Å². The molecule has 0 saturated carbocycles. The van der Waals surface area contributed by atoms with Crippen molar-refractivity contribution in [2.75, 3.05) is 0 Å². The minimum absolute atomic E-state index is 0.169. The normalized spacial score (nSPS) is 11.4. The Morgan fingerprint density at radius 1 is 0.469 bits per heavy atom. The molecule has 0 bridgehead atoms. The first-order valence-electron chi connectivity index (χ1n) is 14.4. The van der Waals surface area contributed by atoms with Crippen LogP contribution in [-0.2, 0) is 0 Å². The zero-order chi connectivity index (χ0) is 34.3. The lowest BCUT2D eigenvalue weighted by molar-refractivity contribution is 0.403. The molecule has 240 valence electrons. The second-order valence-electron chi connectivity index (χ2n) is 10.2. The summed E-state index contributed by atoms with van der Waals surface area (Å²) >= 11 is 8.29. The SMILES string of the molecule is [C-]#[N+]/C(=C\c1ccc(O)c(O)c1)c1ccc(-c2ccc(-c3cccs3)s2)s1.[C-]#[N+]/C(=C\c1ccc(O)c(O)c1)c1ccc(-c2cccs2)s1. The van der Waals surface area contributed by atoms with Crippen molar-refractivity contribution in [3.63, 3.8) is 0 Å². The Morgan fingerprint density at radius 3 is 1.29 bits per heavy atom. The average molecular weight is 733 g/mol. The van der Waals surface area contributed by atoms with Crippen LogP contribution in [0, 0.1) is 13.1 Å². The molecule has 6 nitrogen and oxygen atoms in total. The number of rotatable bonds is 7. The van der Waals surface area contributed by atoms with Gasteiger partial charge in [0.1, 0.15) is 0 Å². The molecule has 0 amide bonds. The van der Waals surface area contributed by atoms with Crippen LogP contribution in [0.3, 0.4) is 0 Å². The lowest BCUT2D eigenvalue weighted by atomic mass is 10.1. The van der Waals surface area contributed by atoms with E-state index in [1.54, 1.807) is 81.0 Å². The predicted octanol–water partition coefficient (Wildman–Crippen LogP) is 12.3. The van der Waals surface area contributed by atoms with E-state index in [4.69, 9.17) is 13.1 Å². The molecule has 0 radical (unpaired) electrons. The third-order valence-corrected chi connectivity index (χ3v) is 12.6. The van der Waals surface area contributed by atoms with Gasteiger partial charge in [0.2, 0.25) is 11.4 Å². The second kappa shape index (κ2) is 15.2. The third kappa shape index (κ3) is 8.02. The highest BCUT2D eigenvalue weighted by atomic mass is 32.1. The molecular weight excluding hydrogens is 709 g/mol. The van der Waals surface area contributed by atoms with Crippen LogP contribution in [0.4, 0.5) is 0 Å². The molecule has 0 aliphatic heterocycles. The van der Waals surface area contributed by atoms with E-state index >= 15 is 0 Å². The van der Waals surface area contributed by atoms with Crippen molar-refractivity contribution in [3.8, 4) is 52.3 Å². The van der Waals surface area contributed by atoms with Crippen LogP contribution in [0.15, 0.2) is 108 Å². The molecule has 0 atom stereocenters. The maximum Gasteiger partial charge on any atom is 0.204 e. The fraction of sp³-hybridized carbons (Fsp3) is 0. The monoisotopic (exact) mass is 732 g/mol. The highest BCUT2D eigenvalue weighted by Gasteiger charge is 2.12. The Balaban J connectivity index is 0.000000174. The molecule has 0 aliphatic rings. The van der Waals surface area contributed by atoms with Gasteiger partial charge in [-0.1, -0.05) is 36.4 Å². The first-order valence-corrected chi connectivity index (χ1v) is 18.6. The van der Waals surface area contributed by atoms with E-state index in [2.05, 4.69) is 45.4 Å². The number of thiophene rings is 5. The van der Waals surface area contributed by atoms with E-state index in [1.165, 1.54) is 43.8 Å². The predicted molar refractivity (Wildman–Crippen MR) is 207 cm³/mol. The number of hydrogen-bond donors (Lipinski definition) is 4. The Labute approximate surface area is 302 Å². The maximum absolute atomic E-state index is 9.64. The molecular formula is C38H24N2O4S5. The van der Waals surface area contributed by atoms with E-state index in [0.29, 0.717) is 22.5 Å². The number of benzene rings is 2. The maximum atomic E-state index is 9.64. The Morgan fingerprint density at radius 2 is 0.878 bits per heavy atom. The summed E-state index contributed by atoms with van der Waals surface area (Å²) in [4.78, 5) is 16.1. The standard InChI is InChI=1S/C21H13NO2S3.C17H11NO2S2/c1-22-14(11-13-4-5-15(23)16(24)12-13)17-6-7-20(26-17)21-9-8-19(27-21)18-3-2-10-25-18;1-18-12(9-11-4-5-13(19)14(20)10-11)15-6-7-17(22-15)16-3-2-8-21-16/h2-12,23-24H;2-10,19-20H/b14-11-;12-9-. The topological polar surface area (TPSA) is 89.6 Å².